The molecule has 6 heteroatoms. The molecule has 1 heterocycles. The van der Waals surface area contributed by atoms with E-state index in [0.29, 0.717) is 18.1 Å². The van der Waals surface area contributed by atoms with Gasteiger partial charge in [0.2, 0.25) is 0 Å². The summed E-state index contributed by atoms with van der Waals surface area (Å²) < 4.78 is 28.3. The van der Waals surface area contributed by atoms with Crippen molar-refractivity contribution < 1.29 is 17.9 Å². The number of benzene rings is 1. The highest BCUT2D eigenvalue weighted by molar-refractivity contribution is 7.91. The maximum Gasteiger partial charge on any atom is 0.258 e. The average Bonchev–Trinajstić information content (AvgIpc) is 2.93. The number of carbonyl (C=O) groups excluding carboxylic acids is 1. The number of hydrogen-bond acceptors (Lipinski definition) is 4. The molecular weight excluding hydrogens is 326 g/mol. The van der Waals surface area contributed by atoms with E-state index in [1.165, 1.54) is 37.7 Å². The van der Waals surface area contributed by atoms with Crippen molar-refractivity contribution in [1.82, 2.24) is 5.32 Å². The van der Waals surface area contributed by atoms with Gasteiger partial charge >= 0.3 is 0 Å². The molecule has 1 saturated carbocycles. The summed E-state index contributed by atoms with van der Waals surface area (Å²) in [4.78, 5) is 11.9. The van der Waals surface area contributed by atoms with Crippen LogP contribution in [0.1, 0.15) is 50.0 Å². The predicted molar refractivity (Wildman–Crippen MR) is 93.0 cm³/mol. The molecular formula is C18H25NO4S. The van der Waals surface area contributed by atoms with Crippen molar-refractivity contribution in [2.75, 3.05) is 18.1 Å². The summed E-state index contributed by atoms with van der Waals surface area (Å²) in [7, 11) is -2.98. The van der Waals surface area contributed by atoms with Gasteiger partial charge in [-0.3, -0.25) is 4.79 Å². The second kappa shape index (κ2) is 7.55. The zero-order valence-corrected chi connectivity index (χ0v) is 14.7. The number of carbonyl (C=O) groups is 1. The summed E-state index contributed by atoms with van der Waals surface area (Å²) in [6.07, 6.45) is 6.96. The van der Waals surface area contributed by atoms with Crippen LogP contribution in [-0.4, -0.2) is 38.5 Å². The van der Waals surface area contributed by atoms with E-state index in [-0.39, 0.29) is 30.1 Å². The minimum absolute atomic E-state index is 0.0365. The Morgan fingerprint density at radius 3 is 2.42 bits per heavy atom. The molecule has 2 fully saturated rings. The largest absolute Gasteiger partial charge is 0.484 e. The van der Waals surface area contributed by atoms with Crippen LogP contribution in [0.25, 0.3) is 0 Å². The Kier molecular flexibility index (Phi) is 5.43. The Labute approximate surface area is 143 Å². The molecule has 1 N–H and O–H groups in total. The maximum absolute atomic E-state index is 11.9. The molecule has 2 aliphatic rings. The number of nitrogens with one attached hydrogen (secondary N) is 1. The molecule has 1 aliphatic carbocycles. The van der Waals surface area contributed by atoms with Gasteiger partial charge in [-0.1, -0.05) is 31.4 Å². The summed E-state index contributed by atoms with van der Waals surface area (Å²) in [6.45, 7) is -0.0840. The van der Waals surface area contributed by atoms with E-state index in [1.54, 1.807) is 0 Å². The number of ether oxygens (including phenoxy) is 1. The molecule has 0 bridgehead atoms. The molecule has 1 saturated heterocycles. The van der Waals surface area contributed by atoms with Gasteiger partial charge in [0.05, 0.1) is 11.5 Å². The van der Waals surface area contributed by atoms with Crippen LogP contribution in [-0.2, 0) is 14.6 Å². The number of sulfone groups is 1. The fraction of sp³-hybridized carbons (Fsp3) is 0.611. The molecule has 24 heavy (non-hydrogen) atoms. The lowest BCUT2D eigenvalue weighted by Gasteiger charge is -2.22. The van der Waals surface area contributed by atoms with E-state index in [4.69, 9.17) is 4.74 Å². The minimum atomic E-state index is -2.98. The first-order valence-electron chi connectivity index (χ1n) is 8.74. The lowest BCUT2D eigenvalue weighted by atomic mass is 9.84. The molecule has 5 nitrogen and oxygen atoms in total. The zero-order chi connectivity index (χ0) is 17.0. The Morgan fingerprint density at radius 2 is 1.79 bits per heavy atom. The number of rotatable bonds is 5. The van der Waals surface area contributed by atoms with Crippen molar-refractivity contribution in [2.24, 2.45) is 0 Å². The first-order valence-corrected chi connectivity index (χ1v) is 10.6. The SMILES string of the molecule is O=C(COc1ccc(C2CCCCC2)cc1)NC1CCS(=O)(=O)C1. The summed E-state index contributed by atoms with van der Waals surface area (Å²) in [5.74, 6) is 1.24. The van der Waals surface area contributed by atoms with Gasteiger partial charge in [-0.2, -0.15) is 0 Å². The molecule has 0 aromatic heterocycles. The smallest absolute Gasteiger partial charge is 0.258 e. The van der Waals surface area contributed by atoms with Crippen LogP contribution < -0.4 is 10.1 Å². The molecule has 1 unspecified atom stereocenters. The van der Waals surface area contributed by atoms with Crippen LogP contribution in [0.2, 0.25) is 0 Å². The maximum atomic E-state index is 11.9. The first kappa shape index (κ1) is 17.3. The second-order valence-electron chi connectivity index (χ2n) is 6.86. The van der Waals surface area contributed by atoms with Gasteiger partial charge in [0, 0.05) is 6.04 Å². The lowest BCUT2D eigenvalue weighted by molar-refractivity contribution is -0.123. The van der Waals surface area contributed by atoms with Crippen molar-refractivity contribution in [3.05, 3.63) is 29.8 Å². The molecule has 1 amide bonds. The standard InChI is InChI=1S/C18H25NO4S/c20-18(19-16-10-11-24(21,22)13-16)12-23-17-8-6-15(7-9-17)14-4-2-1-3-5-14/h6-9,14,16H,1-5,10-13H2,(H,19,20). The molecule has 3 rings (SSSR count). The third-order valence-corrected chi connectivity index (χ3v) is 6.69. The van der Waals surface area contributed by atoms with E-state index < -0.39 is 9.84 Å². The molecule has 1 atom stereocenters. The Hall–Kier alpha value is -1.56. The normalized spacial score (nSPS) is 23.8. The fourth-order valence-electron chi connectivity index (χ4n) is 3.60. The van der Waals surface area contributed by atoms with Crippen molar-refractivity contribution >= 4 is 15.7 Å². The zero-order valence-electron chi connectivity index (χ0n) is 13.9. The van der Waals surface area contributed by atoms with Crippen LogP contribution >= 0.6 is 0 Å². The summed E-state index contributed by atoms with van der Waals surface area (Å²) >= 11 is 0. The number of amides is 1. The van der Waals surface area contributed by atoms with Gasteiger partial charge in [-0.25, -0.2) is 8.42 Å². The molecule has 1 aromatic rings. The quantitative estimate of drug-likeness (QED) is 0.884. The molecule has 132 valence electrons. The molecule has 0 radical (unpaired) electrons. The minimum Gasteiger partial charge on any atom is -0.484 e. The summed E-state index contributed by atoms with van der Waals surface area (Å²) in [5, 5.41) is 2.72. The first-order chi connectivity index (χ1) is 11.5. The van der Waals surface area contributed by atoms with E-state index >= 15 is 0 Å². The fourth-order valence-corrected chi connectivity index (χ4v) is 5.27. The van der Waals surface area contributed by atoms with Crippen LogP contribution in [0.15, 0.2) is 24.3 Å². The highest BCUT2D eigenvalue weighted by atomic mass is 32.2. The molecule has 0 spiro atoms. The van der Waals surface area contributed by atoms with Crippen molar-refractivity contribution in [3.8, 4) is 5.75 Å². The Balaban J connectivity index is 1.45. The number of hydrogen-bond donors (Lipinski definition) is 1. The van der Waals surface area contributed by atoms with E-state index in [0.717, 1.165) is 0 Å². The summed E-state index contributed by atoms with van der Waals surface area (Å²) in [6, 6.07) is 7.73. The van der Waals surface area contributed by atoms with Crippen molar-refractivity contribution in [3.63, 3.8) is 0 Å². The molecule has 1 aromatic carbocycles. The van der Waals surface area contributed by atoms with Gasteiger partial charge < -0.3 is 10.1 Å². The summed E-state index contributed by atoms with van der Waals surface area (Å²) in [5.41, 5.74) is 1.35. The average molecular weight is 351 g/mol. The second-order valence-corrected chi connectivity index (χ2v) is 9.09. The van der Waals surface area contributed by atoms with E-state index in [1.807, 2.05) is 12.1 Å². The highest BCUT2D eigenvalue weighted by Crippen LogP contribution is 2.33. The third-order valence-electron chi connectivity index (χ3n) is 4.92. The lowest BCUT2D eigenvalue weighted by Crippen LogP contribution is -2.38. The van der Waals surface area contributed by atoms with Gasteiger partial charge in [0.25, 0.3) is 5.91 Å². The van der Waals surface area contributed by atoms with Crippen LogP contribution in [0.4, 0.5) is 0 Å². The van der Waals surface area contributed by atoms with Crippen LogP contribution in [0, 0.1) is 0 Å². The van der Waals surface area contributed by atoms with E-state index in [9.17, 15) is 13.2 Å². The van der Waals surface area contributed by atoms with Crippen LogP contribution in [0.3, 0.4) is 0 Å². The van der Waals surface area contributed by atoms with Crippen molar-refractivity contribution in [2.45, 2.75) is 50.5 Å². The monoisotopic (exact) mass is 351 g/mol. The van der Waals surface area contributed by atoms with Gasteiger partial charge in [0.1, 0.15) is 5.75 Å². The van der Waals surface area contributed by atoms with E-state index in [2.05, 4.69) is 17.4 Å². The molecule has 1 aliphatic heterocycles. The van der Waals surface area contributed by atoms with Gasteiger partial charge in [-0.15, -0.1) is 0 Å². The van der Waals surface area contributed by atoms with Gasteiger partial charge in [-0.05, 0) is 42.9 Å². The predicted octanol–water partition coefficient (Wildman–Crippen LogP) is 2.42. The Bertz CT molecular complexity index is 663. The third kappa shape index (κ3) is 4.72. The van der Waals surface area contributed by atoms with Crippen LogP contribution in [0.5, 0.6) is 5.75 Å². The Morgan fingerprint density at radius 1 is 1.08 bits per heavy atom. The topological polar surface area (TPSA) is 72.5 Å². The van der Waals surface area contributed by atoms with Crippen molar-refractivity contribution in [1.29, 1.82) is 0 Å². The van der Waals surface area contributed by atoms with Gasteiger partial charge in [0.15, 0.2) is 16.4 Å². The highest BCUT2D eigenvalue weighted by Gasteiger charge is 2.28.